The number of morpholine rings is 1. The molecule has 0 bridgehead atoms. The molecule has 1 fully saturated rings. The van der Waals surface area contributed by atoms with Crippen molar-refractivity contribution in [3.63, 3.8) is 0 Å². The van der Waals surface area contributed by atoms with E-state index in [0.29, 0.717) is 37.4 Å². The van der Waals surface area contributed by atoms with Crippen molar-refractivity contribution in [2.24, 2.45) is 0 Å². The van der Waals surface area contributed by atoms with E-state index in [2.05, 4.69) is 39.4 Å². The number of rotatable bonds is 13. The molecule has 34 heavy (non-hydrogen) atoms. The summed E-state index contributed by atoms with van der Waals surface area (Å²) in [6, 6.07) is 7.19. The number of hydrogen-bond donors (Lipinski definition) is 0. The van der Waals surface area contributed by atoms with E-state index in [-0.39, 0.29) is 10.9 Å². The highest BCUT2D eigenvalue weighted by atomic mass is 127. The minimum atomic E-state index is -4.25. The SMILES string of the molecule is CCCCCCCCCCOC(=O)C[N+]1(CC#CI)CCOCC1.O=S(=O)([O-])c1ccccc1. The third-order valence-electron chi connectivity index (χ3n) is 5.66. The van der Waals surface area contributed by atoms with E-state index >= 15 is 0 Å². The normalized spacial score (nSPS) is 14.8. The van der Waals surface area contributed by atoms with Gasteiger partial charge in [-0.05, 0) is 28.4 Å². The highest BCUT2D eigenvalue weighted by Gasteiger charge is 2.32. The Balaban J connectivity index is 0.000000479. The molecule has 0 aromatic heterocycles. The van der Waals surface area contributed by atoms with Crippen LogP contribution in [0.5, 0.6) is 0 Å². The van der Waals surface area contributed by atoms with Crippen LogP contribution in [0.2, 0.25) is 0 Å². The number of nitrogens with zero attached hydrogens (tertiary/aromatic N) is 1. The van der Waals surface area contributed by atoms with Crippen LogP contribution < -0.4 is 0 Å². The molecule has 0 saturated carbocycles. The van der Waals surface area contributed by atoms with E-state index in [9.17, 15) is 17.8 Å². The highest BCUT2D eigenvalue weighted by molar-refractivity contribution is 14.1. The summed E-state index contributed by atoms with van der Waals surface area (Å²) in [5, 5.41) is 0. The number of halogens is 1. The lowest BCUT2D eigenvalue weighted by Crippen LogP contribution is -2.57. The number of carbonyl (C=O) groups excluding carboxylic acids is 1. The molecule has 192 valence electrons. The second-order valence-corrected chi connectivity index (χ2v) is 10.4. The van der Waals surface area contributed by atoms with Gasteiger partial charge in [0.05, 0.1) is 24.7 Å². The van der Waals surface area contributed by atoms with Crippen LogP contribution in [0.15, 0.2) is 35.2 Å². The van der Waals surface area contributed by atoms with Crippen LogP contribution in [-0.2, 0) is 24.4 Å². The van der Waals surface area contributed by atoms with Crippen molar-refractivity contribution in [1.82, 2.24) is 0 Å². The van der Waals surface area contributed by atoms with E-state index in [4.69, 9.17) is 9.47 Å². The predicted molar refractivity (Wildman–Crippen MR) is 140 cm³/mol. The second kappa shape index (κ2) is 18.1. The molecule has 1 aliphatic heterocycles. The van der Waals surface area contributed by atoms with Gasteiger partial charge < -0.3 is 18.5 Å². The average Bonchev–Trinajstić information content (AvgIpc) is 2.83. The Bertz CT molecular complexity index is 845. The number of ether oxygens (including phenoxy) is 2. The standard InChI is InChI=1S/C19H33INO3.C6H6O3S/c1-2-3-4-5-6-7-8-9-15-24-19(22)18-21(12-10-11-20)13-16-23-17-14-21;7-10(8,9)6-4-2-1-3-5-6/h2-9,12-18H2,1H3;1-5H,(H,7,8,9)/q+1;/p-1. The van der Waals surface area contributed by atoms with Crippen LogP contribution in [0.1, 0.15) is 58.3 Å². The van der Waals surface area contributed by atoms with Crippen molar-refractivity contribution in [3.8, 4) is 9.85 Å². The second-order valence-electron chi connectivity index (χ2n) is 8.45. The molecule has 0 unspecified atom stereocenters. The molecule has 1 heterocycles. The van der Waals surface area contributed by atoms with E-state index in [0.717, 1.165) is 25.9 Å². The van der Waals surface area contributed by atoms with Crippen LogP contribution in [-0.4, -0.2) is 69.4 Å². The Morgan fingerprint density at radius 2 is 1.65 bits per heavy atom. The Labute approximate surface area is 219 Å². The zero-order valence-electron chi connectivity index (χ0n) is 20.2. The molecular formula is C25H38INO6S. The number of hydrogen-bond acceptors (Lipinski definition) is 6. The first-order valence-electron chi connectivity index (χ1n) is 12.0. The van der Waals surface area contributed by atoms with Gasteiger partial charge in [-0.15, -0.1) is 0 Å². The van der Waals surface area contributed by atoms with Crippen LogP contribution in [0.25, 0.3) is 0 Å². The molecule has 0 amide bonds. The molecule has 0 spiro atoms. The molecule has 0 aliphatic carbocycles. The average molecular weight is 608 g/mol. The molecular weight excluding hydrogens is 569 g/mol. The first-order chi connectivity index (χ1) is 16.3. The van der Waals surface area contributed by atoms with Crippen LogP contribution in [0.4, 0.5) is 0 Å². The maximum Gasteiger partial charge on any atom is 0.361 e. The topological polar surface area (TPSA) is 92.7 Å². The lowest BCUT2D eigenvalue weighted by atomic mass is 10.1. The maximum atomic E-state index is 12.2. The molecule has 1 aromatic rings. The first-order valence-corrected chi connectivity index (χ1v) is 14.5. The molecule has 0 radical (unpaired) electrons. The zero-order chi connectivity index (χ0) is 25.1. The van der Waals surface area contributed by atoms with Gasteiger partial charge in [0.15, 0.2) is 6.54 Å². The van der Waals surface area contributed by atoms with Gasteiger partial charge in [-0.25, -0.2) is 13.2 Å². The van der Waals surface area contributed by atoms with E-state index in [1.165, 1.54) is 62.8 Å². The van der Waals surface area contributed by atoms with Gasteiger partial charge >= 0.3 is 5.97 Å². The summed E-state index contributed by atoms with van der Waals surface area (Å²) in [6.45, 7) is 7.03. The van der Waals surface area contributed by atoms with Crippen molar-refractivity contribution >= 4 is 38.7 Å². The minimum absolute atomic E-state index is 0.0879. The summed E-state index contributed by atoms with van der Waals surface area (Å²) >= 11 is 2.05. The number of unbranched alkanes of at least 4 members (excludes halogenated alkanes) is 7. The van der Waals surface area contributed by atoms with Crippen molar-refractivity contribution in [3.05, 3.63) is 30.3 Å². The lowest BCUT2D eigenvalue weighted by Gasteiger charge is -2.38. The molecule has 0 N–H and O–H groups in total. The Kier molecular flexibility index (Phi) is 16.4. The summed E-state index contributed by atoms with van der Waals surface area (Å²) in [5.41, 5.74) is 0. The fourth-order valence-corrected chi connectivity index (χ4v) is 4.29. The fraction of sp³-hybridized carbons (Fsp3) is 0.640. The van der Waals surface area contributed by atoms with Gasteiger partial charge in [-0.3, -0.25) is 0 Å². The van der Waals surface area contributed by atoms with Crippen molar-refractivity contribution in [2.45, 2.75) is 63.2 Å². The Morgan fingerprint density at radius 3 is 2.18 bits per heavy atom. The highest BCUT2D eigenvalue weighted by Crippen LogP contribution is 2.12. The summed E-state index contributed by atoms with van der Waals surface area (Å²) in [7, 11) is -4.25. The summed E-state index contributed by atoms with van der Waals surface area (Å²) in [6.07, 6.45) is 10.1. The van der Waals surface area contributed by atoms with Crippen molar-refractivity contribution in [2.75, 3.05) is 46.0 Å². The quantitative estimate of drug-likeness (QED) is 0.0819. The van der Waals surface area contributed by atoms with E-state index < -0.39 is 10.1 Å². The number of quaternary nitrogens is 1. The molecule has 1 aliphatic rings. The number of esters is 1. The van der Waals surface area contributed by atoms with Crippen LogP contribution in [0.3, 0.4) is 0 Å². The summed E-state index contributed by atoms with van der Waals surface area (Å²) in [5.74, 6) is 3.03. The van der Waals surface area contributed by atoms with Gasteiger partial charge in [0.25, 0.3) is 0 Å². The number of carbonyl (C=O) groups is 1. The minimum Gasteiger partial charge on any atom is -0.744 e. The predicted octanol–water partition coefficient (Wildman–Crippen LogP) is 4.50. The van der Waals surface area contributed by atoms with Gasteiger partial charge in [-0.1, -0.05) is 70.1 Å². The van der Waals surface area contributed by atoms with E-state index in [1.54, 1.807) is 6.07 Å². The summed E-state index contributed by atoms with van der Waals surface area (Å²) in [4.78, 5) is 12.0. The summed E-state index contributed by atoms with van der Waals surface area (Å²) < 4.78 is 45.3. The molecule has 1 saturated heterocycles. The molecule has 1 aromatic carbocycles. The number of benzene rings is 1. The largest absolute Gasteiger partial charge is 0.744 e. The molecule has 9 heteroatoms. The molecule has 7 nitrogen and oxygen atoms in total. The monoisotopic (exact) mass is 607 g/mol. The lowest BCUT2D eigenvalue weighted by molar-refractivity contribution is -0.921. The van der Waals surface area contributed by atoms with Gasteiger partial charge in [0.2, 0.25) is 0 Å². The Hall–Kier alpha value is -1.19. The maximum absolute atomic E-state index is 12.2. The van der Waals surface area contributed by atoms with Gasteiger partial charge in [-0.2, -0.15) is 0 Å². The van der Waals surface area contributed by atoms with Crippen LogP contribution in [0, 0.1) is 9.85 Å². The zero-order valence-corrected chi connectivity index (χ0v) is 23.2. The first kappa shape index (κ1) is 30.8. The smallest absolute Gasteiger partial charge is 0.361 e. The fourth-order valence-electron chi connectivity index (χ4n) is 3.63. The third kappa shape index (κ3) is 14.3. The molecule has 0 atom stereocenters. The van der Waals surface area contributed by atoms with Crippen molar-refractivity contribution in [1.29, 1.82) is 0 Å². The van der Waals surface area contributed by atoms with Crippen molar-refractivity contribution < 1.29 is 31.7 Å². The molecule has 2 rings (SSSR count). The third-order valence-corrected chi connectivity index (χ3v) is 6.89. The van der Waals surface area contributed by atoms with Crippen LogP contribution >= 0.6 is 22.6 Å². The van der Waals surface area contributed by atoms with Gasteiger partial charge in [0.1, 0.15) is 29.8 Å². The Morgan fingerprint density at radius 1 is 1.06 bits per heavy atom. The van der Waals surface area contributed by atoms with Gasteiger partial charge in [0, 0.05) is 22.6 Å². The van der Waals surface area contributed by atoms with E-state index in [1.807, 2.05) is 0 Å².